The maximum absolute atomic E-state index is 11.7. The Bertz CT molecular complexity index is 1450. The number of benzene rings is 2. The molecule has 1 aliphatic heterocycles. The lowest BCUT2D eigenvalue weighted by Crippen LogP contribution is -2.44. The lowest BCUT2D eigenvalue weighted by molar-refractivity contribution is -0.136. The van der Waals surface area contributed by atoms with Gasteiger partial charge in [-0.15, -0.1) is 11.3 Å². The standard InChI is InChI=1S/C26H25ClN4O2S.C4H10O/c1-16-13-21-25(24(20(16)15-23(32)33)17-3-5-19(27)6-4-17)34-26(29-21)18-7-8-28-22(14-18)31-11-9-30(2)10-12-31;1-4(2,3)5/h3-8,13-14H,9-12,15H2,1-2H3,(H,32,33);5H,1-3H3. The third-order valence-corrected chi connectivity index (χ3v) is 7.68. The summed E-state index contributed by atoms with van der Waals surface area (Å²) in [6.45, 7) is 11.1. The highest BCUT2D eigenvalue weighted by Gasteiger charge is 2.21. The monoisotopic (exact) mass is 566 g/mol. The summed E-state index contributed by atoms with van der Waals surface area (Å²) in [6.07, 6.45) is 1.80. The Labute approximate surface area is 238 Å². The zero-order chi connectivity index (χ0) is 28.3. The molecule has 3 heterocycles. The predicted octanol–water partition coefficient (Wildman–Crippen LogP) is 6.14. The van der Waals surface area contributed by atoms with Gasteiger partial charge in [0.2, 0.25) is 0 Å². The molecule has 206 valence electrons. The molecular weight excluding hydrogens is 532 g/mol. The number of piperazine rings is 1. The summed E-state index contributed by atoms with van der Waals surface area (Å²) in [5.74, 6) is 0.110. The van der Waals surface area contributed by atoms with Crippen LogP contribution in [0.5, 0.6) is 0 Å². The molecule has 1 saturated heterocycles. The molecule has 0 atom stereocenters. The van der Waals surface area contributed by atoms with E-state index in [4.69, 9.17) is 21.7 Å². The van der Waals surface area contributed by atoms with Gasteiger partial charge in [-0.3, -0.25) is 4.79 Å². The number of hydrogen-bond donors (Lipinski definition) is 2. The first-order chi connectivity index (χ1) is 18.4. The molecule has 2 aromatic heterocycles. The lowest BCUT2D eigenvalue weighted by Gasteiger charge is -2.33. The number of carbonyl (C=O) groups is 1. The molecule has 0 unspecified atom stereocenters. The van der Waals surface area contributed by atoms with E-state index in [0.717, 1.165) is 75.0 Å². The number of fused-ring (bicyclic) bond motifs is 1. The number of rotatable bonds is 5. The number of likely N-dealkylation sites (N-methyl/N-ethyl adjacent to an activating group) is 1. The molecule has 1 fully saturated rings. The average Bonchev–Trinajstić information content (AvgIpc) is 3.28. The summed E-state index contributed by atoms with van der Waals surface area (Å²) < 4.78 is 0.983. The van der Waals surface area contributed by atoms with Crippen molar-refractivity contribution in [3.8, 4) is 21.7 Å². The summed E-state index contributed by atoms with van der Waals surface area (Å²) in [6, 6.07) is 13.7. The number of aliphatic hydroxyl groups is 1. The minimum absolute atomic E-state index is 0.0459. The van der Waals surface area contributed by atoms with Crippen LogP contribution in [0.15, 0.2) is 48.7 Å². The molecule has 0 bridgehead atoms. The number of nitrogens with zero attached hydrogens (tertiary/aromatic N) is 4. The molecule has 39 heavy (non-hydrogen) atoms. The number of carboxylic acids is 1. The van der Waals surface area contributed by atoms with Crippen molar-refractivity contribution >= 4 is 44.9 Å². The van der Waals surface area contributed by atoms with Crippen LogP contribution in [0.3, 0.4) is 0 Å². The van der Waals surface area contributed by atoms with E-state index in [1.165, 1.54) is 0 Å². The van der Waals surface area contributed by atoms with Gasteiger partial charge in [-0.1, -0.05) is 23.7 Å². The molecule has 9 heteroatoms. The quantitative estimate of drug-likeness (QED) is 0.300. The zero-order valence-corrected chi connectivity index (χ0v) is 24.6. The van der Waals surface area contributed by atoms with Gasteiger partial charge in [-0.2, -0.15) is 0 Å². The van der Waals surface area contributed by atoms with Crippen LogP contribution in [0.25, 0.3) is 31.9 Å². The van der Waals surface area contributed by atoms with Gasteiger partial charge in [0.1, 0.15) is 10.8 Å². The third kappa shape index (κ3) is 7.54. The van der Waals surface area contributed by atoms with Crippen molar-refractivity contribution in [1.29, 1.82) is 0 Å². The summed E-state index contributed by atoms with van der Waals surface area (Å²) in [5.41, 5.74) is 4.98. The van der Waals surface area contributed by atoms with Crippen LogP contribution in [0.1, 0.15) is 31.9 Å². The number of pyridine rings is 1. The Morgan fingerprint density at radius 3 is 2.31 bits per heavy atom. The van der Waals surface area contributed by atoms with Crippen molar-refractivity contribution in [3.05, 3.63) is 64.8 Å². The van der Waals surface area contributed by atoms with Crippen molar-refractivity contribution in [3.63, 3.8) is 0 Å². The third-order valence-electron chi connectivity index (χ3n) is 6.29. The fraction of sp³-hybridized carbons (Fsp3) is 0.367. The van der Waals surface area contributed by atoms with Crippen LogP contribution < -0.4 is 4.90 Å². The molecule has 1 aliphatic rings. The number of aliphatic carboxylic acids is 1. The van der Waals surface area contributed by atoms with E-state index in [-0.39, 0.29) is 6.42 Å². The number of hydrogen-bond acceptors (Lipinski definition) is 7. The van der Waals surface area contributed by atoms with Crippen LogP contribution in [0.2, 0.25) is 5.02 Å². The smallest absolute Gasteiger partial charge is 0.307 e. The molecule has 0 aliphatic carbocycles. The van der Waals surface area contributed by atoms with Gasteiger partial charge in [0.25, 0.3) is 0 Å². The van der Waals surface area contributed by atoms with E-state index in [1.54, 1.807) is 32.1 Å². The number of carboxylic acid groups (broad SMARTS) is 1. The van der Waals surface area contributed by atoms with Crippen LogP contribution in [-0.4, -0.2) is 69.9 Å². The maximum atomic E-state index is 11.7. The van der Waals surface area contributed by atoms with Gasteiger partial charge in [-0.25, -0.2) is 9.97 Å². The second kappa shape index (κ2) is 12.0. The Balaban J connectivity index is 0.000000648. The van der Waals surface area contributed by atoms with Crippen molar-refractivity contribution in [2.45, 2.75) is 39.7 Å². The summed E-state index contributed by atoms with van der Waals surface area (Å²) in [4.78, 5) is 25.9. The Hall–Kier alpha value is -3.04. The molecule has 0 radical (unpaired) electrons. The fourth-order valence-corrected chi connectivity index (χ4v) is 5.68. The predicted molar refractivity (Wildman–Crippen MR) is 161 cm³/mol. The van der Waals surface area contributed by atoms with E-state index in [0.29, 0.717) is 5.02 Å². The van der Waals surface area contributed by atoms with E-state index in [2.05, 4.69) is 27.9 Å². The number of aryl methyl sites for hydroxylation is 1. The van der Waals surface area contributed by atoms with Crippen LogP contribution in [0.4, 0.5) is 5.82 Å². The number of aromatic nitrogens is 2. The van der Waals surface area contributed by atoms with Gasteiger partial charge >= 0.3 is 5.97 Å². The van der Waals surface area contributed by atoms with Gasteiger partial charge < -0.3 is 20.0 Å². The first-order valence-corrected chi connectivity index (χ1v) is 14.1. The highest BCUT2D eigenvalue weighted by Crippen LogP contribution is 2.41. The Morgan fingerprint density at radius 1 is 1.05 bits per heavy atom. The van der Waals surface area contributed by atoms with E-state index in [1.807, 2.05) is 49.5 Å². The van der Waals surface area contributed by atoms with Crippen molar-refractivity contribution in [2.75, 3.05) is 38.1 Å². The highest BCUT2D eigenvalue weighted by molar-refractivity contribution is 7.22. The minimum Gasteiger partial charge on any atom is -0.481 e. The normalized spacial score (nSPS) is 14.3. The Morgan fingerprint density at radius 2 is 1.69 bits per heavy atom. The van der Waals surface area contributed by atoms with Crippen molar-refractivity contribution in [1.82, 2.24) is 14.9 Å². The molecule has 0 amide bonds. The summed E-state index contributed by atoms with van der Waals surface area (Å²) >= 11 is 7.72. The van der Waals surface area contributed by atoms with Crippen LogP contribution in [0, 0.1) is 6.92 Å². The van der Waals surface area contributed by atoms with Gasteiger partial charge in [-0.05, 0) is 81.8 Å². The number of thiazole rings is 1. The maximum Gasteiger partial charge on any atom is 0.307 e. The molecule has 4 aromatic rings. The number of anilines is 1. The summed E-state index contributed by atoms with van der Waals surface area (Å²) in [7, 11) is 2.14. The zero-order valence-electron chi connectivity index (χ0n) is 23.0. The van der Waals surface area contributed by atoms with E-state index >= 15 is 0 Å². The SMILES string of the molecule is CC(C)(C)O.Cc1cc2nc(-c3ccnc(N4CCN(C)CC4)c3)sc2c(-c2ccc(Cl)cc2)c1CC(=O)O. The highest BCUT2D eigenvalue weighted by atomic mass is 35.5. The van der Waals surface area contributed by atoms with Gasteiger partial charge in [0, 0.05) is 48.5 Å². The minimum atomic E-state index is -0.853. The van der Waals surface area contributed by atoms with E-state index in [9.17, 15) is 9.90 Å². The Kier molecular flexibility index (Phi) is 8.91. The first kappa shape index (κ1) is 29.0. The lowest BCUT2D eigenvalue weighted by atomic mass is 9.93. The number of halogens is 1. The summed E-state index contributed by atoms with van der Waals surface area (Å²) in [5, 5.41) is 19.6. The van der Waals surface area contributed by atoms with Crippen LogP contribution in [-0.2, 0) is 11.2 Å². The van der Waals surface area contributed by atoms with Crippen LogP contribution >= 0.6 is 22.9 Å². The molecule has 2 N–H and O–H groups in total. The molecule has 0 saturated carbocycles. The second-order valence-corrected chi connectivity index (χ2v) is 12.3. The second-order valence-electron chi connectivity index (χ2n) is 10.9. The van der Waals surface area contributed by atoms with Gasteiger partial charge in [0.05, 0.1) is 22.2 Å². The fourth-order valence-electron chi connectivity index (χ4n) is 4.42. The molecule has 2 aromatic carbocycles. The van der Waals surface area contributed by atoms with Crippen molar-refractivity contribution < 1.29 is 15.0 Å². The van der Waals surface area contributed by atoms with Crippen molar-refractivity contribution in [2.24, 2.45) is 0 Å². The topological polar surface area (TPSA) is 89.8 Å². The molecule has 0 spiro atoms. The van der Waals surface area contributed by atoms with Gasteiger partial charge in [0.15, 0.2) is 0 Å². The van der Waals surface area contributed by atoms with E-state index < -0.39 is 11.6 Å². The average molecular weight is 567 g/mol. The molecular formula is C30H35ClN4O3S. The molecule has 7 nitrogen and oxygen atoms in total. The molecule has 5 rings (SSSR count). The largest absolute Gasteiger partial charge is 0.481 e. The first-order valence-electron chi connectivity index (χ1n) is 12.9.